The van der Waals surface area contributed by atoms with Crippen molar-refractivity contribution in [3.05, 3.63) is 33.8 Å². The Balaban J connectivity index is 0. The number of carbonyl (C=O) groups is 1. The van der Waals surface area contributed by atoms with Crippen LogP contribution in [0.1, 0.15) is 24.2 Å². The molecule has 0 spiro atoms. The average Bonchev–Trinajstić information content (AvgIpc) is 2.24. The van der Waals surface area contributed by atoms with E-state index in [9.17, 15) is 4.79 Å². The van der Waals surface area contributed by atoms with Crippen LogP contribution in [0.25, 0.3) is 0 Å². The second kappa shape index (κ2) is 9.13. The lowest BCUT2D eigenvalue weighted by Gasteiger charge is -2.19. The molecule has 1 aromatic rings. The van der Waals surface area contributed by atoms with Gasteiger partial charge in [0, 0.05) is 15.6 Å². The molecule has 0 saturated heterocycles. The first kappa shape index (κ1) is 23.2. The zero-order chi connectivity index (χ0) is 16.8. The summed E-state index contributed by atoms with van der Waals surface area (Å²) in [4.78, 5) is 33.4. The SMILES string of the molecule is C#CC(C)(C)NC(=O)c1cc(Cl)cc(Cl)c1.N.O=P(O)(O)O. The predicted octanol–water partition coefficient (Wildman–Crippen LogP) is 2.37. The Labute approximate surface area is 138 Å². The second-order valence-corrected chi connectivity index (χ2v) is 6.29. The fourth-order valence-corrected chi connectivity index (χ4v) is 1.60. The molecular weight excluding hydrogens is 354 g/mol. The number of benzene rings is 1. The van der Waals surface area contributed by atoms with E-state index in [0.717, 1.165) is 0 Å². The summed E-state index contributed by atoms with van der Waals surface area (Å²) in [5, 5.41) is 3.51. The van der Waals surface area contributed by atoms with Gasteiger partial charge in [0.05, 0.1) is 5.54 Å². The first-order chi connectivity index (χ1) is 9.34. The normalized spacial score (nSPS) is 10.5. The number of phosphoric acid groups is 1. The summed E-state index contributed by atoms with van der Waals surface area (Å²) in [5.41, 5.74) is -0.313. The topological polar surface area (TPSA) is 142 Å². The molecule has 7 N–H and O–H groups in total. The molecule has 0 aromatic heterocycles. The molecule has 0 aliphatic carbocycles. The largest absolute Gasteiger partial charge is 0.466 e. The molecule has 0 aliphatic heterocycles. The van der Waals surface area contributed by atoms with Crippen LogP contribution >= 0.6 is 31.0 Å². The molecule has 22 heavy (non-hydrogen) atoms. The van der Waals surface area contributed by atoms with Crippen LogP contribution in [-0.2, 0) is 4.57 Å². The highest BCUT2D eigenvalue weighted by Crippen LogP contribution is 2.25. The summed E-state index contributed by atoms with van der Waals surface area (Å²) < 4.78 is 8.88. The third-order valence-electron chi connectivity index (χ3n) is 1.91. The molecule has 1 aromatic carbocycles. The van der Waals surface area contributed by atoms with Gasteiger partial charge in [-0.2, -0.15) is 0 Å². The lowest BCUT2D eigenvalue weighted by atomic mass is 10.1. The summed E-state index contributed by atoms with van der Waals surface area (Å²) in [5.74, 6) is 2.17. The van der Waals surface area contributed by atoms with E-state index >= 15 is 0 Å². The van der Waals surface area contributed by atoms with E-state index in [0.29, 0.717) is 15.6 Å². The van der Waals surface area contributed by atoms with E-state index in [2.05, 4.69) is 11.2 Å². The van der Waals surface area contributed by atoms with Gasteiger partial charge in [-0.05, 0) is 32.0 Å². The van der Waals surface area contributed by atoms with E-state index in [1.807, 2.05) is 0 Å². The Morgan fingerprint density at radius 2 is 1.59 bits per heavy atom. The van der Waals surface area contributed by atoms with Gasteiger partial charge in [0.15, 0.2) is 0 Å². The molecule has 0 unspecified atom stereocenters. The summed E-state index contributed by atoms with van der Waals surface area (Å²) >= 11 is 11.6. The molecule has 7 nitrogen and oxygen atoms in total. The molecular formula is C12H17Cl2N2O5P. The van der Waals surface area contributed by atoms with Gasteiger partial charge in [0.25, 0.3) is 5.91 Å². The van der Waals surface area contributed by atoms with Crippen LogP contribution in [0, 0.1) is 12.3 Å². The van der Waals surface area contributed by atoms with Gasteiger partial charge >= 0.3 is 7.82 Å². The minimum Gasteiger partial charge on any atom is -0.344 e. The smallest absolute Gasteiger partial charge is 0.344 e. The highest BCUT2D eigenvalue weighted by atomic mass is 35.5. The second-order valence-electron chi connectivity index (χ2n) is 4.39. The van der Waals surface area contributed by atoms with Gasteiger partial charge in [0.2, 0.25) is 0 Å². The summed E-state index contributed by atoms with van der Waals surface area (Å²) in [6.45, 7) is 3.47. The summed E-state index contributed by atoms with van der Waals surface area (Å²) in [7, 11) is -4.64. The van der Waals surface area contributed by atoms with Crippen molar-refractivity contribution in [2.75, 3.05) is 0 Å². The highest BCUT2D eigenvalue weighted by molar-refractivity contribution is 7.45. The molecule has 0 fully saturated rings. The number of carbonyl (C=O) groups excluding carboxylic acids is 1. The summed E-state index contributed by atoms with van der Waals surface area (Å²) in [6.07, 6.45) is 5.28. The number of halogens is 2. The van der Waals surface area contributed by atoms with Gasteiger partial charge in [-0.1, -0.05) is 29.1 Å². The first-order valence-corrected chi connectivity index (χ1v) is 7.71. The minimum atomic E-state index is -4.64. The molecule has 124 valence electrons. The third kappa shape index (κ3) is 11.5. The Bertz CT molecular complexity index is 582. The van der Waals surface area contributed by atoms with E-state index < -0.39 is 13.4 Å². The van der Waals surface area contributed by atoms with Crippen LogP contribution in [0.15, 0.2) is 18.2 Å². The monoisotopic (exact) mass is 370 g/mol. The fourth-order valence-electron chi connectivity index (χ4n) is 1.08. The van der Waals surface area contributed by atoms with Gasteiger partial charge in [-0.3, -0.25) is 4.79 Å². The van der Waals surface area contributed by atoms with Gasteiger partial charge in [0.1, 0.15) is 0 Å². The van der Waals surface area contributed by atoms with E-state index in [-0.39, 0.29) is 12.1 Å². The van der Waals surface area contributed by atoms with Crippen LogP contribution in [0.4, 0.5) is 0 Å². The maximum atomic E-state index is 11.8. The molecule has 0 radical (unpaired) electrons. The number of hydrogen-bond acceptors (Lipinski definition) is 3. The Hall–Kier alpha value is -1.10. The van der Waals surface area contributed by atoms with Crippen LogP contribution in [0.5, 0.6) is 0 Å². The molecule has 0 atom stereocenters. The Morgan fingerprint density at radius 1 is 1.23 bits per heavy atom. The molecule has 1 amide bonds. The molecule has 1 rings (SSSR count). The quantitative estimate of drug-likeness (QED) is 0.399. The summed E-state index contributed by atoms with van der Waals surface area (Å²) in [6, 6.07) is 4.64. The number of rotatable bonds is 2. The molecule has 0 bridgehead atoms. The lowest BCUT2D eigenvalue weighted by molar-refractivity contribution is 0.0929. The zero-order valence-corrected chi connectivity index (χ0v) is 14.3. The number of nitrogens with one attached hydrogen (secondary N) is 1. The molecule has 0 aliphatic rings. The third-order valence-corrected chi connectivity index (χ3v) is 2.35. The van der Waals surface area contributed by atoms with Gasteiger partial charge < -0.3 is 26.1 Å². The maximum absolute atomic E-state index is 11.8. The van der Waals surface area contributed by atoms with Crippen molar-refractivity contribution < 1.29 is 24.0 Å². The number of terminal acetylenes is 1. The number of hydrogen-bond donors (Lipinski definition) is 5. The highest BCUT2D eigenvalue weighted by Gasteiger charge is 2.18. The predicted molar refractivity (Wildman–Crippen MR) is 86.1 cm³/mol. The van der Waals surface area contributed by atoms with Crippen LogP contribution in [0.2, 0.25) is 10.0 Å². The van der Waals surface area contributed by atoms with Crippen LogP contribution in [-0.4, -0.2) is 26.1 Å². The average molecular weight is 371 g/mol. The van der Waals surface area contributed by atoms with Crippen molar-refractivity contribution >= 4 is 36.9 Å². The van der Waals surface area contributed by atoms with Crippen molar-refractivity contribution in [2.45, 2.75) is 19.4 Å². The van der Waals surface area contributed by atoms with Gasteiger partial charge in [-0.15, -0.1) is 6.42 Å². The molecule has 0 saturated carbocycles. The van der Waals surface area contributed by atoms with Crippen LogP contribution < -0.4 is 11.5 Å². The van der Waals surface area contributed by atoms with Crippen molar-refractivity contribution in [1.29, 1.82) is 0 Å². The molecule has 0 heterocycles. The lowest BCUT2D eigenvalue weighted by Crippen LogP contribution is -2.42. The van der Waals surface area contributed by atoms with E-state index in [4.69, 9.17) is 48.9 Å². The number of amides is 1. The Kier molecular flexibility index (Phi) is 9.62. The van der Waals surface area contributed by atoms with Crippen molar-refractivity contribution in [3.63, 3.8) is 0 Å². The van der Waals surface area contributed by atoms with Gasteiger partial charge in [-0.25, -0.2) is 4.57 Å². The van der Waals surface area contributed by atoms with E-state index in [1.165, 1.54) is 12.1 Å². The van der Waals surface area contributed by atoms with E-state index in [1.54, 1.807) is 19.9 Å². The van der Waals surface area contributed by atoms with Crippen molar-refractivity contribution in [3.8, 4) is 12.3 Å². The fraction of sp³-hybridized carbons (Fsp3) is 0.250. The Morgan fingerprint density at radius 3 is 1.91 bits per heavy atom. The first-order valence-electron chi connectivity index (χ1n) is 5.39. The standard InChI is InChI=1S/C12H11Cl2NO.H3N.H3O4P/c1-4-12(2,3)15-11(16)8-5-9(13)7-10(14)6-8;;1-5(2,3)4/h1,5-7H,2-3H3,(H,15,16);1H3;(H3,1,2,3,4). The molecule has 10 heteroatoms. The van der Waals surface area contributed by atoms with Crippen LogP contribution in [0.3, 0.4) is 0 Å². The van der Waals surface area contributed by atoms with Crippen molar-refractivity contribution in [1.82, 2.24) is 11.5 Å². The van der Waals surface area contributed by atoms with Crippen molar-refractivity contribution in [2.24, 2.45) is 0 Å². The zero-order valence-electron chi connectivity index (χ0n) is 11.9. The minimum absolute atomic E-state index is 0. The maximum Gasteiger partial charge on any atom is 0.466 e.